The summed E-state index contributed by atoms with van der Waals surface area (Å²) in [6.07, 6.45) is 3.64. The zero-order valence-corrected chi connectivity index (χ0v) is 11.4. The first-order chi connectivity index (χ1) is 8.76. The Labute approximate surface area is 109 Å². The number of halogens is 1. The van der Waals surface area contributed by atoms with Crippen molar-refractivity contribution in [2.75, 3.05) is 18.0 Å². The highest BCUT2D eigenvalue weighted by atomic mass is 19.1. The van der Waals surface area contributed by atoms with Crippen molar-refractivity contribution in [3.63, 3.8) is 0 Å². The third-order valence-electron chi connectivity index (χ3n) is 3.42. The number of benzene rings is 1. The van der Waals surface area contributed by atoms with E-state index < -0.39 is 0 Å². The maximum absolute atomic E-state index is 13.4. The van der Waals surface area contributed by atoms with Crippen molar-refractivity contribution in [1.29, 1.82) is 0 Å². The highest BCUT2D eigenvalue weighted by Gasteiger charge is 2.29. The van der Waals surface area contributed by atoms with Crippen LogP contribution in [0.4, 0.5) is 10.1 Å². The largest absolute Gasteiger partial charge is 0.369 e. The lowest BCUT2D eigenvalue weighted by molar-refractivity contribution is 0.617. The summed E-state index contributed by atoms with van der Waals surface area (Å²) in [5.74, 6) is -0.140. The van der Waals surface area contributed by atoms with Gasteiger partial charge in [0.05, 0.1) is 0 Å². The van der Waals surface area contributed by atoms with E-state index in [1.165, 1.54) is 18.5 Å². The van der Waals surface area contributed by atoms with Crippen LogP contribution in [0.15, 0.2) is 18.2 Å². The van der Waals surface area contributed by atoms with Gasteiger partial charge < -0.3 is 10.2 Å². The van der Waals surface area contributed by atoms with Gasteiger partial charge in [0.1, 0.15) is 5.82 Å². The van der Waals surface area contributed by atoms with Crippen LogP contribution in [-0.2, 0) is 6.54 Å². The molecular formula is C15H23FN2. The summed E-state index contributed by atoms with van der Waals surface area (Å²) in [6, 6.07) is 5.85. The van der Waals surface area contributed by atoms with Gasteiger partial charge >= 0.3 is 0 Å². The van der Waals surface area contributed by atoms with Gasteiger partial charge in [-0.05, 0) is 56.5 Å². The highest BCUT2D eigenvalue weighted by molar-refractivity contribution is 5.55. The second kappa shape index (κ2) is 6.19. The molecule has 2 rings (SSSR count). The van der Waals surface area contributed by atoms with E-state index in [0.717, 1.165) is 31.6 Å². The normalized spacial score (nSPS) is 14.8. The summed E-state index contributed by atoms with van der Waals surface area (Å²) >= 11 is 0. The van der Waals surface area contributed by atoms with Gasteiger partial charge in [0.15, 0.2) is 0 Å². The van der Waals surface area contributed by atoms with E-state index in [-0.39, 0.29) is 5.82 Å². The molecule has 0 radical (unpaired) electrons. The molecule has 1 aliphatic carbocycles. The monoisotopic (exact) mass is 250 g/mol. The molecule has 3 heteroatoms. The molecule has 0 heterocycles. The van der Waals surface area contributed by atoms with Gasteiger partial charge in [0.2, 0.25) is 0 Å². The summed E-state index contributed by atoms with van der Waals surface area (Å²) in [5.41, 5.74) is 2.28. The Hall–Kier alpha value is -1.09. The zero-order chi connectivity index (χ0) is 13.0. The van der Waals surface area contributed by atoms with Crippen molar-refractivity contribution in [1.82, 2.24) is 5.32 Å². The van der Waals surface area contributed by atoms with Gasteiger partial charge in [0, 0.05) is 24.8 Å². The van der Waals surface area contributed by atoms with Gasteiger partial charge in [-0.2, -0.15) is 0 Å². The molecule has 1 aromatic rings. The standard InChI is InChI=1S/C15H23FN2/c1-3-9-17-11-12-10-13(16)5-8-15(12)18(4-2)14-6-7-14/h5,8,10,14,17H,3-4,6-7,9,11H2,1-2H3. The molecule has 0 spiro atoms. The number of hydrogen-bond acceptors (Lipinski definition) is 2. The maximum Gasteiger partial charge on any atom is 0.123 e. The molecule has 0 aromatic heterocycles. The number of anilines is 1. The highest BCUT2D eigenvalue weighted by Crippen LogP contribution is 2.33. The van der Waals surface area contributed by atoms with E-state index in [0.29, 0.717) is 6.04 Å². The summed E-state index contributed by atoms with van der Waals surface area (Å²) in [5, 5.41) is 3.36. The lowest BCUT2D eigenvalue weighted by Crippen LogP contribution is -2.27. The Kier molecular flexibility index (Phi) is 4.59. The number of nitrogens with one attached hydrogen (secondary N) is 1. The number of rotatable bonds is 7. The average Bonchev–Trinajstić information content (AvgIpc) is 3.17. The zero-order valence-electron chi connectivity index (χ0n) is 11.4. The Morgan fingerprint density at radius 2 is 2.11 bits per heavy atom. The van der Waals surface area contributed by atoms with Gasteiger partial charge in [-0.15, -0.1) is 0 Å². The van der Waals surface area contributed by atoms with Gasteiger partial charge in [0.25, 0.3) is 0 Å². The fraction of sp³-hybridized carbons (Fsp3) is 0.600. The van der Waals surface area contributed by atoms with Crippen molar-refractivity contribution in [3.05, 3.63) is 29.6 Å². The van der Waals surface area contributed by atoms with Crippen LogP contribution in [0, 0.1) is 5.82 Å². The molecule has 0 unspecified atom stereocenters. The predicted molar refractivity (Wildman–Crippen MR) is 74.4 cm³/mol. The molecular weight excluding hydrogens is 227 g/mol. The Bertz CT molecular complexity index is 388. The van der Waals surface area contributed by atoms with E-state index in [1.807, 2.05) is 6.07 Å². The molecule has 1 aromatic carbocycles. The minimum Gasteiger partial charge on any atom is -0.369 e. The third-order valence-corrected chi connectivity index (χ3v) is 3.42. The van der Waals surface area contributed by atoms with E-state index in [4.69, 9.17) is 0 Å². The lowest BCUT2D eigenvalue weighted by atomic mass is 10.1. The van der Waals surface area contributed by atoms with Crippen molar-refractivity contribution < 1.29 is 4.39 Å². The molecule has 1 saturated carbocycles. The van der Waals surface area contributed by atoms with E-state index in [1.54, 1.807) is 12.1 Å². The molecule has 0 amide bonds. The molecule has 0 bridgehead atoms. The van der Waals surface area contributed by atoms with Crippen LogP contribution in [0.3, 0.4) is 0 Å². The maximum atomic E-state index is 13.4. The van der Waals surface area contributed by atoms with E-state index in [2.05, 4.69) is 24.1 Å². The molecule has 18 heavy (non-hydrogen) atoms. The molecule has 0 saturated heterocycles. The van der Waals surface area contributed by atoms with Crippen molar-refractivity contribution in [3.8, 4) is 0 Å². The van der Waals surface area contributed by atoms with Crippen LogP contribution in [0.5, 0.6) is 0 Å². The predicted octanol–water partition coefficient (Wildman–Crippen LogP) is 3.31. The minimum absolute atomic E-state index is 0.140. The fourth-order valence-electron chi connectivity index (χ4n) is 2.39. The first-order valence-corrected chi connectivity index (χ1v) is 7.02. The smallest absolute Gasteiger partial charge is 0.123 e. The third kappa shape index (κ3) is 3.22. The van der Waals surface area contributed by atoms with Gasteiger partial charge in [-0.1, -0.05) is 6.92 Å². The average molecular weight is 250 g/mol. The second-order valence-electron chi connectivity index (χ2n) is 4.97. The topological polar surface area (TPSA) is 15.3 Å². The van der Waals surface area contributed by atoms with Gasteiger partial charge in [-0.3, -0.25) is 0 Å². The van der Waals surface area contributed by atoms with Crippen LogP contribution in [0.25, 0.3) is 0 Å². The Balaban J connectivity index is 2.15. The van der Waals surface area contributed by atoms with Crippen molar-refractivity contribution in [2.45, 2.75) is 45.7 Å². The second-order valence-corrected chi connectivity index (χ2v) is 4.97. The van der Waals surface area contributed by atoms with Crippen LogP contribution in [-0.4, -0.2) is 19.1 Å². The lowest BCUT2D eigenvalue weighted by Gasteiger charge is -2.26. The van der Waals surface area contributed by atoms with E-state index >= 15 is 0 Å². The Morgan fingerprint density at radius 1 is 1.33 bits per heavy atom. The van der Waals surface area contributed by atoms with Crippen molar-refractivity contribution in [2.24, 2.45) is 0 Å². The quantitative estimate of drug-likeness (QED) is 0.747. The summed E-state index contributed by atoms with van der Waals surface area (Å²) in [7, 11) is 0. The molecule has 0 aliphatic heterocycles. The molecule has 100 valence electrons. The minimum atomic E-state index is -0.140. The number of hydrogen-bond donors (Lipinski definition) is 1. The summed E-state index contributed by atoms with van der Waals surface area (Å²) in [4.78, 5) is 2.41. The van der Waals surface area contributed by atoms with Gasteiger partial charge in [-0.25, -0.2) is 4.39 Å². The fourth-order valence-corrected chi connectivity index (χ4v) is 2.39. The summed E-state index contributed by atoms with van der Waals surface area (Å²) in [6.45, 7) is 7.04. The van der Waals surface area contributed by atoms with Crippen LogP contribution in [0.2, 0.25) is 0 Å². The van der Waals surface area contributed by atoms with Crippen LogP contribution < -0.4 is 10.2 Å². The molecule has 2 nitrogen and oxygen atoms in total. The van der Waals surface area contributed by atoms with Crippen molar-refractivity contribution >= 4 is 5.69 Å². The first kappa shape index (κ1) is 13.3. The van der Waals surface area contributed by atoms with Crippen LogP contribution >= 0.6 is 0 Å². The Morgan fingerprint density at radius 3 is 2.72 bits per heavy atom. The van der Waals surface area contributed by atoms with Crippen LogP contribution in [0.1, 0.15) is 38.7 Å². The molecule has 0 atom stereocenters. The molecule has 1 fully saturated rings. The molecule has 1 N–H and O–H groups in total. The molecule has 1 aliphatic rings. The first-order valence-electron chi connectivity index (χ1n) is 7.02. The summed E-state index contributed by atoms with van der Waals surface area (Å²) < 4.78 is 13.4. The SMILES string of the molecule is CCCNCc1cc(F)ccc1N(CC)C1CC1. The van der Waals surface area contributed by atoms with E-state index in [9.17, 15) is 4.39 Å². The number of nitrogens with zero attached hydrogens (tertiary/aromatic N) is 1.